The van der Waals surface area contributed by atoms with Gasteiger partial charge in [0, 0.05) is 5.02 Å². The van der Waals surface area contributed by atoms with Crippen LogP contribution in [-0.4, -0.2) is 24.7 Å². The van der Waals surface area contributed by atoms with Gasteiger partial charge in [-0.2, -0.15) is 0 Å². The Bertz CT molecular complexity index is 689. The Morgan fingerprint density at radius 3 is 2.50 bits per heavy atom. The normalized spacial score (nSPS) is 11.0. The lowest BCUT2D eigenvalue weighted by Gasteiger charge is -2.25. The second kappa shape index (κ2) is 8.02. The molecule has 1 N–H and O–H groups in total. The summed E-state index contributed by atoms with van der Waals surface area (Å²) in [4.78, 5) is 12.2. The molecule has 4 nitrogen and oxygen atoms in total. The molecular formula is C18H19ClFNO3. The molecule has 0 fully saturated rings. The maximum absolute atomic E-state index is 13.4. The number of hydrogen-bond acceptors (Lipinski definition) is 3. The van der Waals surface area contributed by atoms with Gasteiger partial charge in [0.25, 0.3) is 5.91 Å². The summed E-state index contributed by atoms with van der Waals surface area (Å²) >= 11 is 5.82. The van der Waals surface area contributed by atoms with Gasteiger partial charge in [-0.15, -0.1) is 0 Å². The third-order valence-corrected chi connectivity index (χ3v) is 3.47. The molecule has 0 heterocycles. The van der Waals surface area contributed by atoms with Crippen LogP contribution in [0.15, 0.2) is 48.5 Å². The lowest BCUT2D eigenvalue weighted by Crippen LogP contribution is -2.47. The number of amides is 1. The van der Waals surface area contributed by atoms with Gasteiger partial charge < -0.3 is 14.8 Å². The van der Waals surface area contributed by atoms with Crippen molar-refractivity contribution in [2.24, 2.45) is 0 Å². The van der Waals surface area contributed by atoms with Crippen molar-refractivity contribution >= 4 is 17.5 Å². The maximum Gasteiger partial charge on any atom is 0.263 e. The van der Waals surface area contributed by atoms with Crippen LogP contribution in [0.1, 0.15) is 13.8 Å². The van der Waals surface area contributed by atoms with Gasteiger partial charge in [-0.1, -0.05) is 23.7 Å². The van der Waals surface area contributed by atoms with E-state index in [9.17, 15) is 9.18 Å². The van der Waals surface area contributed by atoms with E-state index in [0.717, 1.165) is 0 Å². The molecule has 0 atom stereocenters. The van der Waals surface area contributed by atoms with E-state index < -0.39 is 11.4 Å². The molecule has 0 aliphatic carbocycles. The van der Waals surface area contributed by atoms with Crippen LogP contribution >= 0.6 is 11.6 Å². The Labute approximate surface area is 145 Å². The molecule has 0 saturated heterocycles. The first kappa shape index (κ1) is 18.1. The first-order valence-corrected chi connectivity index (χ1v) is 7.86. The minimum absolute atomic E-state index is 0.156. The number of carbonyl (C=O) groups excluding carboxylic acids is 1. The summed E-state index contributed by atoms with van der Waals surface area (Å²) in [6.45, 7) is 3.72. The summed E-state index contributed by atoms with van der Waals surface area (Å²) < 4.78 is 24.4. The summed E-state index contributed by atoms with van der Waals surface area (Å²) in [5, 5.41) is 3.30. The molecular weight excluding hydrogens is 333 g/mol. The predicted molar refractivity (Wildman–Crippen MR) is 91.1 cm³/mol. The zero-order chi connectivity index (χ0) is 17.6. The van der Waals surface area contributed by atoms with Crippen molar-refractivity contribution in [3.63, 3.8) is 0 Å². The second-order valence-corrected chi connectivity index (χ2v) is 6.04. The number of carbonyl (C=O) groups is 1. The van der Waals surface area contributed by atoms with Gasteiger partial charge in [-0.3, -0.25) is 4.79 Å². The largest absolute Gasteiger partial charge is 0.489 e. The topological polar surface area (TPSA) is 47.6 Å². The fraction of sp³-hybridized carbons (Fsp3) is 0.278. The van der Waals surface area contributed by atoms with Crippen LogP contribution < -0.4 is 14.8 Å². The minimum Gasteiger partial charge on any atom is -0.489 e. The van der Waals surface area contributed by atoms with E-state index in [1.165, 1.54) is 12.1 Å². The monoisotopic (exact) mass is 351 g/mol. The van der Waals surface area contributed by atoms with Crippen LogP contribution in [-0.2, 0) is 4.79 Å². The third kappa shape index (κ3) is 5.13. The average Bonchev–Trinajstić information content (AvgIpc) is 2.55. The first-order chi connectivity index (χ1) is 11.4. The molecule has 0 unspecified atom stereocenters. The van der Waals surface area contributed by atoms with Crippen LogP contribution in [0.5, 0.6) is 11.5 Å². The number of benzene rings is 2. The number of nitrogens with one attached hydrogen (secondary N) is 1. The van der Waals surface area contributed by atoms with Crippen molar-refractivity contribution in [1.29, 1.82) is 0 Å². The van der Waals surface area contributed by atoms with E-state index in [2.05, 4.69) is 5.32 Å². The summed E-state index contributed by atoms with van der Waals surface area (Å²) in [5.74, 6) is -0.0320. The lowest BCUT2D eigenvalue weighted by atomic mass is 10.1. The quantitative estimate of drug-likeness (QED) is 0.771. The van der Waals surface area contributed by atoms with E-state index in [1.807, 2.05) is 0 Å². The summed E-state index contributed by atoms with van der Waals surface area (Å²) in [6, 6.07) is 12.9. The van der Waals surface area contributed by atoms with Crippen molar-refractivity contribution in [3.8, 4) is 11.5 Å². The van der Waals surface area contributed by atoms with E-state index in [-0.39, 0.29) is 24.8 Å². The van der Waals surface area contributed by atoms with E-state index in [0.29, 0.717) is 10.8 Å². The van der Waals surface area contributed by atoms with Gasteiger partial charge in [-0.25, -0.2) is 4.39 Å². The highest BCUT2D eigenvalue weighted by atomic mass is 35.5. The summed E-state index contributed by atoms with van der Waals surface area (Å²) in [6.07, 6.45) is 0. The number of rotatable bonds is 7. The Balaban J connectivity index is 1.80. The van der Waals surface area contributed by atoms with Crippen LogP contribution in [0, 0.1) is 5.82 Å². The van der Waals surface area contributed by atoms with E-state index in [4.69, 9.17) is 21.1 Å². The van der Waals surface area contributed by atoms with Gasteiger partial charge >= 0.3 is 0 Å². The Hall–Kier alpha value is -2.27. The Morgan fingerprint density at radius 2 is 1.83 bits per heavy atom. The third-order valence-electron chi connectivity index (χ3n) is 3.22. The van der Waals surface area contributed by atoms with Gasteiger partial charge in [-0.05, 0) is 50.2 Å². The molecule has 0 aromatic heterocycles. The van der Waals surface area contributed by atoms with Crippen molar-refractivity contribution in [3.05, 3.63) is 59.4 Å². The van der Waals surface area contributed by atoms with Crippen LogP contribution in [0.25, 0.3) is 0 Å². The highest BCUT2D eigenvalue weighted by molar-refractivity contribution is 6.30. The minimum atomic E-state index is -1.06. The molecule has 2 rings (SSSR count). The van der Waals surface area contributed by atoms with Gasteiger partial charge in [0.15, 0.2) is 17.2 Å². The van der Waals surface area contributed by atoms with Crippen LogP contribution in [0.4, 0.5) is 4.39 Å². The number of hydrogen-bond donors (Lipinski definition) is 1. The molecule has 0 aliphatic rings. The molecule has 6 heteroatoms. The molecule has 128 valence electrons. The molecule has 24 heavy (non-hydrogen) atoms. The SMILES string of the molecule is CC(C)(Oc1ccc(Cl)cc1)C(=O)NCCOc1ccccc1F. The smallest absolute Gasteiger partial charge is 0.263 e. The Kier molecular flexibility index (Phi) is 6.04. The van der Waals surface area contributed by atoms with Crippen LogP contribution in [0.3, 0.4) is 0 Å². The highest BCUT2D eigenvalue weighted by Crippen LogP contribution is 2.21. The molecule has 0 bridgehead atoms. The average molecular weight is 352 g/mol. The fourth-order valence-corrected chi connectivity index (χ4v) is 2.07. The van der Waals surface area contributed by atoms with Crippen molar-refractivity contribution < 1.29 is 18.7 Å². The van der Waals surface area contributed by atoms with Crippen LogP contribution in [0.2, 0.25) is 5.02 Å². The molecule has 0 spiro atoms. The predicted octanol–water partition coefficient (Wildman–Crippen LogP) is 3.83. The lowest BCUT2D eigenvalue weighted by molar-refractivity contribution is -0.134. The Morgan fingerprint density at radius 1 is 1.17 bits per heavy atom. The fourth-order valence-electron chi connectivity index (χ4n) is 1.94. The van der Waals surface area contributed by atoms with E-state index >= 15 is 0 Å². The van der Waals surface area contributed by atoms with Gasteiger partial charge in [0.2, 0.25) is 0 Å². The van der Waals surface area contributed by atoms with E-state index in [1.54, 1.807) is 50.2 Å². The van der Waals surface area contributed by atoms with Gasteiger partial charge in [0.05, 0.1) is 6.54 Å². The number of ether oxygens (including phenoxy) is 2. The van der Waals surface area contributed by atoms with Crippen molar-refractivity contribution in [1.82, 2.24) is 5.32 Å². The molecule has 1 amide bonds. The molecule has 0 saturated carbocycles. The maximum atomic E-state index is 13.4. The molecule has 2 aromatic rings. The second-order valence-electron chi connectivity index (χ2n) is 5.60. The summed E-state index contributed by atoms with van der Waals surface area (Å²) in [7, 11) is 0. The number of para-hydroxylation sites is 1. The zero-order valence-electron chi connectivity index (χ0n) is 13.5. The standard InChI is InChI=1S/C18H19ClFNO3/c1-18(2,24-14-9-7-13(19)8-10-14)17(22)21-11-12-23-16-6-4-3-5-15(16)20/h3-10H,11-12H2,1-2H3,(H,21,22). The number of halogens is 2. The molecule has 0 aliphatic heterocycles. The molecule has 0 radical (unpaired) electrons. The van der Waals surface area contributed by atoms with Crippen molar-refractivity contribution in [2.75, 3.05) is 13.2 Å². The first-order valence-electron chi connectivity index (χ1n) is 7.49. The molecule has 2 aromatic carbocycles. The zero-order valence-corrected chi connectivity index (χ0v) is 14.3. The van der Waals surface area contributed by atoms with Crippen molar-refractivity contribution in [2.45, 2.75) is 19.4 Å². The van der Waals surface area contributed by atoms with Gasteiger partial charge in [0.1, 0.15) is 12.4 Å². The summed E-state index contributed by atoms with van der Waals surface area (Å²) in [5.41, 5.74) is -1.06. The highest BCUT2D eigenvalue weighted by Gasteiger charge is 2.29.